The fourth-order valence-corrected chi connectivity index (χ4v) is 6.22. The zero-order chi connectivity index (χ0) is 25.3. The molecular weight excluding hydrogens is 498 g/mol. The van der Waals surface area contributed by atoms with Crippen LogP contribution in [0.5, 0.6) is 0 Å². The number of carbonyl (C=O) groups is 1. The first kappa shape index (κ1) is 25.5. The summed E-state index contributed by atoms with van der Waals surface area (Å²) in [7, 11) is 0. The maximum atomic E-state index is 13.8. The Morgan fingerprint density at radius 2 is 1.83 bits per heavy atom. The first-order valence-electron chi connectivity index (χ1n) is 11.5. The van der Waals surface area contributed by atoms with Crippen molar-refractivity contribution in [1.82, 2.24) is 9.55 Å². The van der Waals surface area contributed by atoms with Crippen LogP contribution in [0.15, 0.2) is 46.3 Å². The highest BCUT2D eigenvalue weighted by atomic mass is 35.5. The summed E-state index contributed by atoms with van der Waals surface area (Å²) in [6.07, 6.45) is 1.92. The molecule has 8 heteroatoms. The van der Waals surface area contributed by atoms with Gasteiger partial charge in [-0.3, -0.25) is 14.2 Å². The maximum absolute atomic E-state index is 13.8. The molecule has 1 amide bonds. The van der Waals surface area contributed by atoms with Gasteiger partial charge in [-0.05, 0) is 80.6 Å². The second kappa shape index (κ2) is 10.6. The highest BCUT2D eigenvalue weighted by molar-refractivity contribution is 7.99. The minimum Gasteiger partial charge on any atom is -0.325 e. The van der Waals surface area contributed by atoms with E-state index >= 15 is 0 Å². The minimum atomic E-state index is -0.185. The summed E-state index contributed by atoms with van der Waals surface area (Å²) < 4.78 is 1.65. The lowest BCUT2D eigenvalue weighted by Gasteiger charge is -2.14. The fourth-order valence-electron chi connectivity index (χ4n) is 3.91. The largest absolute Gasteiger partial charge is 0.325 e. The highest BCUT2D eigenvalue weighted by Crippen LogP contribution is 2.31. The Balaban J connectivity index is 1.75. The Morgan fingerprint density at radius 1 is 1.09 bits per heavy atom. The maximum Gasteiger partial charge on any atom is 0.267 e. The zero-order valence-electron chi connectivity index (χ0n) is 20.5. The van der Waals surface area contributed by atoms with Gasteiger partial charge >= 0.3 is 0 Å². The number of anilines is 1. The standard InChI is InChI=1S/C27H28ClN3O2S2/c1-6-7-22-18(5)24-25(35-22)30-27(31(26(24)33)20-11-9-15(2)17(4)12-20)34-14-23(32)29-21-13-19(28)10-8-16(21)3/h8-13H,6-7,14H2,1-5H3,(H,29,32). The van der Waals surface area contributed by atoms with Crippen molar-refractivity contribution in [2.24, 2.45) is 0 Å². The number of amides is 1. The van der Waals surface area contributed by atoms with E-state index in [0.717, 1.165) is 45.6 Å². The van der Waals surface area contributed by atoms with Crippen LogP contribution in [0.3, 0.4) is 0 Å². The molecule has 0 spiro atoms. The lowest BCUT2D eigenvalue weighted by Crippen LogP contribution is -2.23. The molecule has 0 aliphatic rings. The van der Waals surface area contributed by atoms with Crippen LogP contribution in [-0.4, -0.2) is 21.2 Å². The smallest absolute Gasteiger partial charge is 0.267 e. The van der Waals surface area contributed by atoms with Crippen LogP contribution in [0.4, 0.5) is 5.69 Å². The van der Waals surface area contributed by atoms with E-state index in [-0.39, 0.29) is 17.2 Å². The van der Waals surface area contributed by atoms with Gasteiger partial charge in [-0.2, -0.15) is 0 Å². The second-order valence-electron chi connectivity index (χ2n) is 8.68. The van der Waals surface area contributed by atoms with Gasteiger partial charge in [0, 0.05) is 15.6 Å². The fraction of sp³-hybridized carbons (Fsp3) is 0.296. The third kappa shape index (κ3) is 5.32. The van der Waals surface area contributed by atoms with E-state index in [0.29, 0.717) is 21.3 Å². The summed E-state index contributed by atoms with van der Waals surface area (Å²) >= 11 is 8.93. The van der Waals surface area contributed by atoms with Crippen molar-refractivity contribution in [2.75, 3.05) is 11.1 Å². The Bertz CT molecular complexity index is 1490. The number of aryl methyl sites for hydroxylation is 5. The SMILES string of the molecule is CCCc1sc2nc(SCC(=O)Nc3cc(Cl)ccc3C)n(-c3ccc(C)c(C)c3)c(=O)c2c1C. The molecule has 4 rings (SSSR count). The topological polar surface area (TPSA) is 64.0 Å². The number of carbonyl (C=O) groups excluding carboxylic acids is 1. The van der Waals surface area contributed by atoms with Gasteiger partial charge in [-0.25, -0.2) is 4.98 Å². The van der Waals surface area contributed by atoms with Gasteiger partial charge < -0.3 is 5.32 Å². The van der Waals surface area contributed by atoms with Crippen molar-refractivity contribution in [3.8, 4) is 5.69 Å². The molecule has 0 aliphatic heterocycles. The summed E-state index contributed by atoms with van der Waals surface area (Å²) in [5.41, 5.74) is 5.51. The molecule has 4 aromatic rings. The molecule has 5 nitrogen and oxygen atoms in total. The van der Waals surface area contributed by atoms with E-state index in [2.05, 4.69) is 12.2 Å². The summed E-state index contributed by atoms with van der Waals surface area (Å²) in [4.78, 5) is 33.4. The van der Waals surface area contributed by atoms with Crippen molar-refractivity contribution in [3.63, 3.8) is 0 Å². The summed E-state index contributed by atoms with van der Waals surface area (Å²) in [6, 6.07) is 11.3. The van der Waals surface area contributed by atoms with E-state index in [4.69, 9.17) is 16.6 Å². The zero-order valence-corrected chi connectivity index (χ0v) is 22.9. The number of aromatic nitrogens is 2. The number of halogens is 1. The predicted molar refractivity (Wildman–Crippen MR) is 149 cm³/mol. The number of nitrogens with one attached hydrogen (secondary N) is 1. The van der Waals surface area contributed by atoms with Crippen molar-refractivity contribution in [1.29, 1.82) is 0 Å². The van der Waals surface area contributed by atoms with Crippen molar-refractivity contribution >= 4 is 56.5 Å². The second-order valence-corrected chi connectivity index (χ2v) is 11.1. The van der Waals surface area contributed by atoms with E-state index in [9.17, 15) is 9.59 Å². The van der Waals surface area contributed by atoms with Crippen LogP contribution >= 0.6 is 34.7 Å². The molecule has 0 saturated carbocycles. The molecular formula is C27H28ClN3O2S2. The van der Waals surface area contributed by atoms with Crippen LogP contribution < -0.4 is 10.9 Å². The number of thiophene rings is 1. The van der Waals surface area contributed by atoms with Crippen LogP contribution in [0.1, 0.15) is 40.5 Å². The average molecular weight is 526 g/mol. The van der Waals surface area contributed by atoms with Crippen LogP contribution in [0, 0.1) is 27.7 Å². The molecule has 35 heavy (non-hydrogen) atoms. The molecule has 0 aliphatic carbocycles. The molecule has 182 valence electrons. The van der Waals surface area contributed by atoms with Crippen LogP contribution in [-0.2, 0) is 11.2 Å². The average Bonchev–Trinajstić information content (AvgIpc) is 3.12. The van der Waals surface area contributed by atoms with E-state index in [1.165, 1.54) is 16.6 Å². The number of benzene rings is 2. The van der Waals surface area contributed by atoms with Crippen molar-refractivity contribution in [2.45, 2.75) is 52.6 Å². The van der Waals surface area contributed by atoms with Crippen LogP contribution in [0.25, 0.3) is 15.9 Å². The first-order valence-corrected chi connectivity index (χ1v) is 13.7. The number of hydrogen-bond donors (Lipinski definition) is 1. The molecule has 1 N–H and O–H groups in total. The number of thioether (sulfide) groups is 1. The highest BCUT2D eigenvalue weighted by Gasteiger charge is 2.20. The van der Waals surface area contributed by atoms with Crippen LogP contribution in [0.2, 0.25) is 5.02 Å². The van der Waals surface area contributed by atoms with E-state index in [1.54, 1.807) is 28.0 Å². The third-order valence-corrected chi connectivity index (χ3v) is 8.48. The van der Waals surface area contributed by atoms with Gasteiger partial charge in [0.25, 0.3) is 5.56 Å². The lowest BCUT2D eigenvalue weighted by molar-refractivity contribution is -0.113. The molecule has 2 aromatic carbocycles. The quantitative estimate of drug-likeness (QED) is 0.208. The Morgan fingerprint density at radius 3 is 2.54 bits per heavy atom. The molecule has 2 aromatic heterocycles. The van der Waals surface area contributed by atoms with E-state index < -0.39 is 0 Å². The molecule has 2 heterocycles. The minimum absolute atomic E-state index is 0.0945. The monoisotopic (exact) mass is 525 g/mol. The number of hydrogen-bond acceptors (Lipinski definition) is 5. The predicted octanol–water partition coefficient (Wildman–Crippen LogP) is 7.02. The number of fused-ring (bicyclic) bond motifs is 1. The van der Waals surface area contributed by atoms with E-state index in [1.807, 2.05) is 52.0 Å². The Kier molecular flexibility index (Phi) is 7.69. The molecule has 0 radical (unpaired) electrons. The summed E-state index contributed by atoms with van der Waals surface area (Å²) in [5.74, 6) is -0.0728. The summed E-state index contributed by atoms with van der Waals surface area (Å²) in [5, 5.41) is 4.66. The number of rotatable bonds is 7. The summed E-state index contributed by atoms with van der Waals surface area (Å²) in [6.45, 7) is 10.1. The molecule has 0 saturated heterocycles. The van der Waals surface area contributed by atoms with Gasteiger partial charge in [-0.15, -0.1) is 11.3 Å². The van der Waals surface area contributed by atoms with Crippen molar-refractivity contribution < 1.29 is 4.79 Å². The van der Waals surface area contributed by atoms with Gasteiger partial charge in [0.15, 0.2) is 5.16 Å². The van der Waals surface area contributed by atoms with Gasteiger partial charge in [-0.1, -0.05) is 48.8 Å². The molecule has 0 atom stereocenters. The van der Waals surface area contributed by atoms with Gasteiger partial charge in [0.1, 0.15) is 4.83 Å². The first-order chi connectivity index (χ1) is 16.7. The molecule has 0 fully saturated rings. The Hall–Kier alpha value is -2.61. The molecule has 0 unspecified atom stereocenters. The van der Waals surface area contributed by atoms with Gasteiger partial charge in [0.05, 0.1) is 16.8 Å². The normalized spacial score (nSPS) is 11.3. The number of nitrogens with zero attached hydrogens (tertiary/aromatic N) is 2. The Labute approximate surface area is 218 Å². The van der Waals surface area contributed by atoms with Gasteiger partial charge in [0.2, 0.25) is 5.91 Å². The lowest BCUT2D eigenvalue weighted by atomic mass is 10.1. The third-order valence-electron chi connectivity index (χ3n) is 6.06. The van der Waals surface area contributed by atoms with Crippen molar-refractivity contribution in [3.05, 3.63) is 78.9 Å². The molecule has 0 bridgehead atoms.